The van der Waals surface area contributed by atoms with E-state index in [0.717, 1.165) is 16.7 Å². The molecule has 1 rings (SSSR count). The van der Waals surface area contributed by atoms with Crippen LogP contribution in [0.1, 0.15) is 40.4 Å². The van der Waals surface area contributed by atoms with Crippen LogP contribution in [-0.4, -0.2) is 16.9 Å². The van der Waals surface area contributed by atoms with Gasteiger partial charge in [0.25, 0.3) is 0 Å². The Labute approximate surface area is 101 Å². The number of aliphatic carboxylic acids is 1. The number of carbonyl (C=O) groups excluding carboxylic acids is 1. The van der Waals surface area contributed by atoms with E-state index in [1.165, 1.54) is 0 Å². The molecule has 1 N–H and O–H groups in total. The second kappa shape index (κ2) is 5.13. The summed E-state index contributed by atoms with van der Waals surface area (Å²) < 4.78 is 0. The molecule has 0 spiro atoms. The molecule has 0 heterocycles. The number of rotatable bonds is 4. The Kier molecular flexibility index (Phi) is 4.05. The molecule has 17 heavy (non-hydrogen) atoms. The molecule has 3 heteroatoms. The van der Waals surface area contributed by atoms with Gasteiger partial charge in [-0.2, -0.15) is 0 Å². The van der Waals surface area contributed by atoms with Crippen LogP contribution in [0.5, 0.6) is 0 Å². The highest BCUT2D eigenvalue weighted by atomic mass is 16.4. The predicted molar refractivity (Wildman–Crippen MR) is 66.4 cm³/mol. The minimum atomic E-state index is -1.04. The minimum absolute atomic E-state index is 0.282. The van der Waals surface area contributed by atoms with E-state index >= 15 is 0 Å². The number of benzene rings is 1. The zero-order valence-corrected chi connectivity index (χ0v) is 10.7. The van der Waals surface area contributed by atoms with E-state index in [1.807, 2.05) is 32.9 Å². The average molecular weight is 234 g/mol. The van der Waals surface area contributed by atoms with Crippen LogP contribution in [0.3, 0.4) is 0 Å². The van der Waals surface area contributed by atoms with Crippen LogP contribution >= 0.6 is 0 Å². The number of carboxylic acids is 1. The second-order valence-electron chi connectivity index (χ2n) is 4.44. The molecule has 0 aliphatic carbocycles. The largest absolute Gasteiger partial charge is 0.481 e. The Balaban J connectivity index is 3.25. The molecule has 1 aromatic rings. The Morgan fingerprint density at radius 2 is 1.65 bits per heavy atom. The quantitative estimate of drug-likeness (QED) is 0.643. The summed E-state index contributed by atoms with van der Waals surface area (Å²) in [7, 11) is 0. The summed E-state index contributed by atoms with van der Waals surface area (Å²) >= 11 is 0. The first-order chi connectivity index (χ1) is 7.88. The van der Waals surface area contributed by atoms with Crippen molar-refractivity contribution in [2.24, 2.45) is 5.92 Å². The summed E-state index contributed by atoms with van der Waals surface area (Å²) in [6.07, 6.45) is 0.320. The van der Waals surface area contributed by atoms with Crippen LogP contribution in [0.4, 0.5) is 0 Å². The maximum Gasteiger partial charge on any atom is 0.314 e. The standard InChI is InChI=1S/C14H18O3/c1-5-11(14(16)17)13(15)12-9(3)6-8(2)7-10(12)4/h6-7,11H,5H2,1-4H3,(H,16,17). The van der Waals surface area contributed by atoms with Gasteiger partial charge in [-0.15, -0.1) is 0 Å². The normalized spacial score (nSPS) is 12.2. The van der Waals surface area contributed by atoms with Gasteiger partial charge in [0.2, 0.25) is 0 Å². The van der Waals surface area contributed by atoms with E-state index in [1.54, 1.807) is 6.92 Å². The molecular weight excluding hydrogens is 216 g/mol. The van der Waals surface area contributed by atoms with Gasteiger partial charge in [-0.3, -0.25) is 9.59 Å². The number of hydrogen-bond acceptors (Lipinski definition) is 2. The zero-order chi connectivity index (χ0) is 13.2. The van der Waals surface area contributed by atoms with Gasteiger partial charge in [0.05, 0.1) is 0 Å². The molecule has 0 fully saturated rings. The van der Waals surface area contributed by atoms with Crippen LogP contribution in [0.25, 0.3) is 0 Å². The smallest absolute Gasteiger partial charge is 0.314 e. The highest BCUT2D eigenvalue weighted by Crippen LogP contribution is 2.21. The molecule has 1 aromatic carbocycles. The molecule has 1 atom stereocenters. The van der Waals surface area contributed by atoms with E-state index in [-0.39, 0.29) is 5.78 Å². The van der Waals surface area contributed by atoms with E-state index in [4.69, 9.17) is 5.11 Å². The lowest BCUT2D eigenvalue weighted by molar-refractivity contribution is -0.140. The number of carboxylic acid groups (broad SMARTS) is 1. The monoisotopic (exact) mass is 234 g/mol. The number of Topliss-reactive ketones (excluding diaryl/α,β-unsaturated/α-hetero) is 1. The molecule has 0 amide bonds. The van der Waals surface area contributed by atoms with Gasteiger partial charge in [-0.25, -0.2) is 0 Å². The summed E-state index contributed by atoms with van der Waals surface area (Å²) in [6, 6.07) is 3.82. The molecule has 0 aromatic heterocycles. The lowest BCUT2D eigenvalue weighted by Crippen LogP contribution is -2.24. The van der Waals surface area contributed by atoms with Crippen molar-refractivity contribution in [2.75, 3.05) is 0 Å². The number of carbonyl (C=O) groups is 2. The lowest BCUT2D eigenvalue weighted by Gasteiger charge is -2.14. The number of aryl methyl sites for hydroxylation is 3. The van der Waals surface area contributed by atoms with Crippen molar-refractivity contribution in [1.29, 1.82) is 0 Å². The van der Waals surface area contributed by atoms with Gasteiger partial charge in [-0.1, -0.05) is 24.6 Å². The van der Waals surface area contributed by atoms with E-state index < -0.39 is 11.9 Å². The highest BCUT2D eigenvalue weighted by molar-refractivity contribution is 6.09. The number of hydrogen-bond donors (Lipinski definition) is 1. The zero-order valence-electron chi connectivity index (χ0n) is 10.7. The van der Waals surface area contributed by atoms with Gasteiger partial charge < -0.3 is 5.11 Å². The van der Waals surface area contributed by atoms with Crippen LogP contribution in [0, 0.1) is 26.7 Å². The van der Waals surface area contributed by atoms with Crippen molar-refractivity contribution in [3.63, 3.8) is 0 Å². The van der Waals surface area contributed by atoms with Crippen LogP contribution in [0.2, 0.25) is 0 Å². The fraction of sp³-hybridized carbons (Fsp3) is 0.429. The Bertz CT molecular complexity index is 438. The molecule has 0 bridgehead atoms. The lowest BCUT2D eigenvalue weighted by atomic mass is 9.89. The Hall–Kier alpha value is -1.64. The molecule has 1 unspecified atom stereocenters. The van der Waals surface area contributed by atoms with E-state index in [0.29, 0.717) is 12.0 Å². The minimum Gasteiger partial charge on any atom is -0.481 e. The van der Waals surface area contributed by atoms with Gasteiger partial charge in [0.15, 0.2) is 5.78 Å². The van der Waals surface area contributed by atoms with Gasteiger partial charge >= 0.3 is 5.97 Å². The SMILES string of the molecule is CCC(C(=O)O)C(=O)c1c(C)cc(C)cc1C. The third-order valence-corrected chi connectivity index (χ3v) is 2.95. The predicted octanol–water partition coefficient (Wildman–Crippen LogP) is 2.91. The van der Waals surface area contributed by atoms with Crippen molar-refractivity contribution >= 4 is 11.8 Å². The van der Waals surface area contributed by atoms with Crippen molar-refractivity contribution in [3.8, 4) is 0 Å². The van der Waals surface area contributed by atoms with E-state index in [2.05, 4.69) is 0 Å². The molecule has 0 saturated carbocycles. The third kappa shape index (κ3) is 2.73. The molecule has 0 radical (unpaired) electrons. The molecule has 0 aliphatic rings. The highest BCUT2D eigenvalue weighted by Gasteiger charge is 2.27. The first-order valence-electron chi connectivity index (χ1n) is 5.73. The maximum absolute atomic E-state index is 12.2. The number of ketones is 1. The molecule has 0 saturated heterocycles. The van der Waals surface area contributed by atoms with Crippen molar-refractivity contribution in [1.82, 2.24) is 0 Å². The summed E-state index contributed by atoms with van der Waals surface area (Å²) in [4.78, 5) is 23.2. The average Bonchev–Trinajstić information content (AvgIpc) is 2.15. The van der Waals surface area contributed by atoms with Gasteiger partial charge in [0.1, 0.15) is 5.92 Å². The van der Waals surface area contributed by atoms with Crippen LogP contribution < -0.4 is 0 Å². The first-order valence-corrected chi connectivity index (χ1v) is 5.73. The van der Waals surface area contributed by atoms with E-state index in [9.17, 15) is 9.59 Å². The summed E-state index contributed by atoms with van der Waals surface area (Å²) in [5.41, 5.74) is 3.35. The molecular formula is C14H18O3. The van der Waals surface area contributed by atoms with Gasteiger partial charge in [-0.05, 0) is 38.3 Å². The molecule has 3 nitrogen and oxygen atoms in total. The second-order valence-corrected chi connectivity index (χ2v) is 4.44. The summed E-state index contributed by atoms with van der Waals surface area (Å²) in [5, 5.41) is 9.02. The van der Waals surface area contributed by atoms with Crippen LogP contribution in [-0.2, 0) is 4.79 Å². The van der Waals surface area contributed by atoms with Gasteiger partial charge in [0, 0.05) is 5.56 Å². The summed E-state index contributed by atoms with van der Waals surface area (Å²) in [5.74, 6) is -2.26. The molecule has 0 aliphatic heterocycles. The fourth-order valence-electron chi connectivity index (χ4n) is 2.22. The fourth-order valence-corrected chi connectivity index (χ4v) is 2.22. The summed E-state index contributed by atoms with van der Waals surface area (Å²) in [6.45, 7) is 7.38. The maximum atomic E-state index is 12.2. The first kappa shape index (κ1) is 13.4. The Morgan fingerprint density at radius 3 is 2.00 bits per heavy atom. The topological polar surface area (TPSA) is 54.4 Å². The van der Waals surface area contributed by atoms with Crippen LogP contribution in [0.15, 0.2) is 12.1 Å². The van der Waals surface area contributed by atoms with Crippen molar-refractivity contribution in [2.45, 2.75) is 34.1 Å². The Morgan fingerprint density at radius 1 is 1.18 bits per heavy atom. The third-order valence-electron chi connectivity index (χ3n) is 2.95. The molecule has 92 valence electrons. The van der Waals surface area contributed by atoms with Crippen molar-refractivity contribution in [3.05, 3.63) is 34.4 Å². The van der Waals surface area contributed by atoms with Crippen molar-refractivity contribution < 1.29 is 14.7 Å².